The smallest absolute Gasteiger partial charge is 0.328 e. The highest BCUT2D eigenvalue weighted by atomic mass is 32.2. The van der Waals surface area contributed by atoms with Gasteiger partial charge in [0.25, 0.3) is 5.91 Å². The van der Waals surface area contributed by atoms with E-state index in [0.717, 1.165) is 24.3 Å². The topological polar surface area (TPSA) is 179 Å². The third kappa shape index (κ3) is 8.74. The van der Waals surface area contributed by atoms with Gasteiger partial charge in [-0.3, -0.25) is 14.4 Å². The van der Waals surface area contributed by atoms with Crippen LogP contribution in [0.3, 0.4) is 0 Å². The summed E-state index contributed by atoms with van der Waals surface area (Å²) in [6.07, 6.45) is -0.0407. The number of sulfone groups is 1. The number of aliphatic hydroxyl groups is 1. The normalized spacial score (nSPS) is 16.8. The predicted molar refractivity (Wildman–Crippen MR) is 179 cm³/mol. The van der Waals surface area contributed by atoms with Gasteiger partial charge in [-0.15, -0.1) is 0 Å². The van der Waals surface area contributed by atoms with Crippen molar-refractivity contribution in [1.29, 1.82) is 0 Å². The van der Waals surface area contributed by atoms with Crippen molar-refractivity contribution in [1.82, 2.24) is 10.6 Å². The number of β-lactam (4-membered cyclic amide) rings is 1. The van der Waals surface area contributed by atoms with Crippen LogP contribution >= 0.6 is 0 Å². The van der Waals surface area contributed by atoms with E-state index >= 15 is 0 Å². The molecule has 1 saturated heterocycles. The van der Waals surface area contributed by atoms with Crippen LogP contribution in [0.15, 0.2) is 108 Å². The summed E-state index contributed by atoms with van der Waals surface area (Å²) in [7, 11) is -3.84. The Morgan fingerprint density at radius 3 is 2.04 bits per heavy atom. The Morgan fingerprint density at radius 2 is 1.45 bits per heavy atom. The summed E-state index contributed by atoms with van der Waals surface area (Å²) in [6.45, 7) is -1.39. The monoisotopic (exact) mass is 721 g/mol. The molecule has 4 aromatic rings. The van der Waals surface area contributed by atoms with Gasteiger partial charge >= 0.3 is 5.97 Å². The van der Waals surface area contributed by atoms with Gasteiger partial charge in [0, 0.05) is 5.69 Å². The number of nitrogens with zero attached hydrogens (tertiary/aromatic N) is 1. The van der Waals surface area contributed by atoms with E-state index in [9.17, 15) is 46.6 Å². The van der Waals surface area contributed by atoms with Crippen LogP contribution in [-0.4, -0.2) is 67.3 Å². The number of rotatable bonds is 15. The number of aliphatic carboxylic acids is 1. The molecule has 1 heterocycles. The molecule has 4 aromatic carbocycles. The Labute approximate surface area is 291 Å². The highest BCUT2D eigenvalue weighted by Crippen LogP contribution is 2.45. The quantitative estimate of drug-likeness (QED) is 0.106. The number of anilines is 1. The maximum absolute atomic E-state index is 13.7. The van der Waals surface area contributed by atoms with Crippen molar-refractivity contribution in [3.63, 3.8) is 0 Å². The Balaban J connectivity index is 1.28. The van der Waals surface area contributed by atoms with Gasteiger partial charge in [-0.2, -0.15) is 0 Å². The Bertz CT molecular complexity index is 1980. The number of hydrogen-bond acceptors (Lipinski definition) is 8. The second kappa shape index (κ2) is 15.9. The lowest BCUT2D eigenvalue weighted by Gasteiger charge is -2.47. The van der Waals surface area contributed by atoms with Crippen molar-refractivity contribution in [3.8, 4) is 5.75 Å². The second-order valence-electron chi connectivity index (χ2n) is 11.6. The molecular weight excluding hydrogens is 688 g/mol. The van der Waals surface area contributed by atoms with E-state index in [1.165, 1.54) is 29.2 Å². The minimum atomic E-state index is -3.84. The molecule has 4 unspecified atom stereocenters. The molecule has 12 nitrogen and oxygen atoms in total. The molecule has 3 amide bonds. The molecule has 0 bridgehead atoms. The average Bonchev–Trinajstić information content (AvgIpc) is 3.12. The molecule has 4 N–H and O–H groups in total. The lowest BCUT2D eigenvalue weighted by atomic mass is 9.80. The van der Waals surface area contributed by atoms with E-state index in [2.05, 4.69) is 10.6 Å². The Kier molecular flexibility index (Phi) is 11.4. The van der Waals surface area contributed by atoms with Crippen LogP contribution in [0.4, 0.5) is 14.5 Å². The number of nitrogens with one attached hydrogen (secondary N) is 2. The van der Waals surface area contributed by atoms with E-state index in [0.29, 0.717) is 16.8 Å². The van der Waals surface area contributed by atoms with Crippen LogP contribution in [0, 0.1) is 17.6 Å². The number of benzene rings is 4. The van der Waals surface area contributed by atoms with E-state index in [-0.39, 0.29) is 28.7 Å². The maximum atomic E-state index is 13.7. The van der Waals surface area contributed by atoms with Gasteiger partial charge in [0.1, 0.15) is 29.5 Å². The molecule has 5 rings (SSSR count). The molecule has 0 aliphatic carbocycles. The Morgan fingerprint density at radius 1 is 0.843 bits per heavy atom. The van der Waals surface area contributed by atoms with Crippen LogP contribution < -0.4 is 20.3 Å². The minimum absolute atomic E-state index is 0.0407. The van der Waals surface area contributed by atoms with Crippen LogP contribution in [0.25, 0.3) is 0 Å². The Hall–Kier alpha value is -5.67. The number of ether oxygens (including phenoxy) is 1. The molecule has 1 aliphatic heterocycles. The van der Waals surface area contributed by atoms with Crippen LogP contribution in [-0.2, 0) is 29.0 Å². The summed E-state index contributed by atoms with van der Waals surface area (Å²) in [5.41, 5.74) is 1.37. The van der Waals surface area contributed by atoms with Crippen molar-refractivity contribution in [2.75, 3.05) is 23.9 Å². The summed E-state index contributed by atoms with van der Waals surface area (Å²) in [5, 5.41) is 23.2. The predicted octanol–water partition coefficient (Wildman–Crippen LogP) is 3.33. The second-order valence-corrected chi connectivity index (χ2v) is 13.8. The van der Waals surface area contributed by atoms with Crippen molar-refractivity contribution >= 4 is 39.2 Å². The number of amides is 3. The summed E-state index contributed by atoms with van der Waals surface area (Å²) in [6, 6.07) is 20.6. The molecule has 4 atom stereocenters. The van der Waals surface area contributed by atoms with Crippen LogP contribution in [0.2, 0.25) is 0 Å². The van der Waals surface area contributed by atoms with Gasteiger partial charge in [-0.1, -0.05) is 42.5 Å². The lowest BCUT2D eigenvalue weighted by Crippen LogP contribution is -2.55. The summed E-state index contributed by atoms with van der Waals surface area (Å²) in [5.74, 6) is -5.35. The number of aliphatic hydroxyl groups excluding tert-OH is 1. The van der Waals surface area contributed by atoms with E-state index in [1.807, 2.05) is 0 Å². The first-order valence-corrected chi connectivity index (χ1v) is 17.3. The molecule has 266 valence electrons. The van der Waals surface area contributed by atoms with Crippen molar-refractivity contribution in [2.45, 2.75) is 29.4 Å². The first kappa shape index (κ1) is 36.6. The molecule has 51 heavy (non-hydrogen) atoms. The zero-order valence-corrected chi connectivity index (χ0v) is 27.6. The summed E-state index contributed by atoms with van der Waals surface area (Å²) < 4.78 is 58.6. The fourth-order valence-electron chi connectivity index (χ4n) is 5.64. The van der Waals surface area contributed by atoms with Gasteiger partial charge in [0.05, 0.1) is 29.2 Å². The largest absolute Gasteiger partial charge is 0.484 e. The first-order valence-electron chi connectivity index (χ1n) is 15.7. The zero-order valence-electron chi connectivity index (χ0n) is 26.8. The first-order chi connectivity index (χ1) is 24.4. The third-order valence-electron chi connectivity index (χ3n) is 8.28. The average molecular weight is 722 g/mol. The fraction of sp³-hybridized carbons (Fsp3) is 0.222. The molecule has 0 saturated carbocycles. The van der Waals surface area contributed by atoms with E-state index in [1.54, 1.807) is 54.6 Å². The molecule has 1 aliphatic rings. The lowest BCUT2D eigenvalue weighted by molar-refractivity contribution is -0.143. The van der Waals surface area contributed by atoms with E-state index in [4.69, 9.17) is 4.74 Å². The number of carboxylic acid groups (broad SMARTS) is 1. The fourth-order valence-corrected chi connectivity index (χ4v) is 6.99. The number of halogens is 2. The van der Waals surface area contributed by atoms with Gasteiger partial charge in [0.15, 0.2) is 16.4 Å². The van der Waals surface area contributed by atoms with E-state index < -0.39 is 76.5 Å². The van der Waals surface area contributed by atoms with Gasteiger partial charge < -0.3 is 30.5 Å². The summed E-state index contributed by atoms with van der Waals surface area (Å²) >= 11 is 0. The molecule has 1 fully saturated rings. The molecular formula is C36H33F2N3O9S. The molecule has 15 heteroatoms. The molecule has 0 radical (unpaired) electrons. The van der Waals surface area contributed by atoms with Crippen LogP contribution in [0.5, 0.6) is 5.75 Å². The maximum Gasteiger partial charge on any atom is 0.328 e. The highest BCUT2D eigenvalue weighted by molar-refractivity contribution is 7.91. The number of carbonyl (C=O) groups is 4. The minimum Gasteiger partial charge on any atom is -0.484 e. The number of carbonyl (C=O) groups excluding carboxylic acids is 3. The van der Waals surface area contributed by atoms with Gasteiger partial charge in [-0.05, 0) is 78.2 Å². The van der Waals surface area contributed by atoms with Crippen molar-refractivity contribution < 1.29 is 51.3 Å². The standard InChI is InChI=1S/C36H33F2N3O9S/c37-24-8-12-26(13-9-24)41-33(29(35(41)45)18-19-51(48,49)28-16-10-25(38)11-17-28)23-6-14-27(15-7-23)50-21-31(43)40-32(22-4-2-1-3-5-22)34(44)39-30(20-42)36(46)47/h1-17,29-30,32-33,42H,18-21H2,(H,39,44)(H,40,43)(H,46,47). The highest BCUT2D eigenvalue weighted by Gasteiger charge is 2.49. The third-order valence-corrected chi connectivity index (χ3v) is 10.0. The van der Waals surface area contributed by atoms with Crippen molar-refractivity contribution in [2.24, 2.45) is 5.92 Å². The summed E-state index contributed by atoms with van der Waals surface area (Å²) in [4.78, 5) is 51.8. The number of carboxylic acids is 1. The van der Waals surface area contributed by atoms with Crippen molar-refractivity contribution in [3.05, 3.63) is 126 Å². The van der Waals surface area contributed by atoms with Gasteiger partial charge in [0.2, 0.25) is 11.8 Å². The van der Waals surface area contributed by atoms with Gasteiger partial charge in [-0.25, -0.2) is 22.0 Å². The zero-order chi connectivity index (χ0) is 36.7. The number of hydrogen-bond donors (Lipinski definition) is 4. The SMILES string of the molecule is O=C(COc1ccc(C2C(CCS(=O)(=O)c3ccc(F)cc3)C(=O)N2c2ccc(F)cc2)cc1)NC(C(=O)NC(CO)C(=O)O)c1ccccc1. The van der Waals surface area contributed by atoms with Crippen LogP contribution in [0.1, 0.15) is 29.6 Å². The molecule has 0 spiro atoms. The molecule has 0 aromatic heterocycles.